The lowest BCUT2D eigenvalue weighted by atomic mass is 9.94. The minimum absolute atomic E-state index is 0.120. The van der Waals surface area contributed by atoms with Crippen molar-refractivity contribution < 1.29 is 4.74 Å². The van der Waals surface area contributed by atoms with Crippen LogP contribution in [0.5, 0.6) is 0 Å². The van der Waals surface area contributed by atoms with Crippen molar-refractivity contribution in [2.24, 2.45) is 5.92 Å². The topological polar surface area (TPSA) is 9.23 Å². The summed E-state index contributed by atoms with van der Waals surface area (Å²) in [5, 5.41) is 0. The van der Waals surface area contributed by atoms with Gasteiger partial charge in [-0.25, -0.2) is 0 Å². The summed E-state index contributed by atoms with van der Waals surface area (Å²) in [4.78, 5) is 0. The van der Waals surface area contributed by atoms with Crippen molar-refractivity contribution in [2.45, 2.75) is 21.7 Å². The van der Waals surface area contributed by atoms with Gasteiger partial charge in [-0.2, -0.15) is 0 Å². The zero-order valence-corrected chi connectivity index (χ0v) is 13.2. The van der Waals surface area contributed by atoms with Crippen molar-refractivity contribution in [1.82, 2.24) is 0 Å². The molecule has 0 amide bonds. The molecular weight excluding hydrogens is 326 g/mol. The van der Waals surface area contributed by atoms with Gasteiger partial charge in [-0.05, 0) is 5.56 Å². The zero-order chi connectivity index (χ0) is 13.9. The van der Waals surface area contributed by atoms with Crippen LogP contribution < -0.4 is 0 Å². The number of ether oxygens (including phenoxy) is 1. The third-order valence-electron chi connectivity index (χ3n) is 3.00. The Bertz CT molecular complexity index is 442. The highest BCUT2D eigenvalue weighted by Gasteiger charge is 2.43. The average Bonchev–Trinajstić information content (AvgIpc) is 2.32. The van der Waals surface area contributed by atoms with Gasteiger partial charge in [0.05, 0.1) is 13.2 Å². The molecule has 5 heteroatoms. The Hall–Kier alpha value is 0.0800. The van der Waals surface area contributed by atoms with Crippen LogP contribution >= 0.6 is 46.4 Å². The molecule has 0 radical (unpaired) electrons. The molecule has 0 saturated carbocycles. The van der Waals surface area contributed by atoms with Crippen molar-refractivity contribution in [3.63, 3.8) is 0 Å². The van der Waals surface area contributed by atoms with Crippen LogP contribution in [0.2, 0.25) is 0 Å². The molecule has 0 fully saturated rings. The molecule has 1 aromatic rings. The molecule has 0 spiro atoms. The largest absolute Gasteiger partial charge is 0.376 e. The molecule has 0 N–H and O–H groups in total. The Morgan fingerprint density at radius 1 is 1.11 bits per heavy atom. The maximum atomic E-state index is 6.27. The van der Waals surface area contributed by atoms with Gasteiger partial charge in [0.25, 0.3) is 0 Å². The van der Waals surface area contributed by atoms with E-state index in [2.05, 4.69) is 0 Å². The lowest BCUT2D eigenvalue weighted by molar-refractivity contribution is 0.0928. The van der Waals surface area contributed by atoms with Gasteiger partial charge >= 0.3 is 0 Å². The normalized spacial score (nSPS) is 24.3. The van der Waals surface area contributed by atoms with Crippen LogP contribution in [0.4, 0.5) is 0 Å². The lowest BCUT2D eigenvalue weighted by Crippen LogP contribution is -2.37. The lowest BCUT2D eigenvalue weighted by Gasteiger charge is -2.35. The molecule has 104 valence electrons. The molecule has 19 heavy (non-hydrogen) atoms. The number of hydrogen-bond acceptors (Lipinski definition) is 1. The summed E-state index contributed by atoms with van der Waals surface area (Å²) < 4.78 is 3.65. The molecule has 0 saturated heterocycles. The van der Waals surface area contributed by atoms with Crippen LogP contribution in [0.3, 0.4) is 0 Å². The molecule has 0 aromatic heterocycles. The number of rotatable bonds is 4. The van der Waals surface area contributed by atoms with E-state index in [9.17, 15) is 0 Å². The number of halogens is 4. The molecule has 1 aliphatic carbocycles. The molecule has 1 aliphatic rings. The van der Waals surface area contributed by atoms with Crippen molar-refractivity contribution in [3.05, 3.63) is 48.0 Å². The quantitative estimate of drug-likeness (QED) is 0.546. The standard InChI is InChI=1S/C14H14Cl4O/c15-13(16)7-6-12(14(17,18)10-13)9-19-8-11-4-2-1-3-5-11/h1-7,12H,8-10H2/t12-/m1/s1. The van der Waals surface area contributed by atoms with E-state index < -0.39 is 8.67 Å². The molecule has 0 bridgehead atoms. The first kappa shape index (κ1) is 15.5. The summed E-state index contributed by atoms with van der Waals surface area (Å²) in [6, 6.07) is 9.93. The number of hydrogen-bond donors (Lipinski definition) is 0. The highest BCUT2D eigenvalue weighted by Crippen LogP contribution is 2.47. The van der Waals surface area contributed by atoms with Crippen molar-refractivity contribution in [3.8, 4) is 0 Å². The summed E-state index contributed by atoms with van der Waals surface area (Å²) >= 11 is 24.6. The van der Waals surface area contributed by atoms with E-state index in [0.717, 1.165) is 5.56 Å². The minimum atomic E-state index is -1.01. The van der Waals surface area contributed by atoms with E-state index in [4.69, 9.17) is 51.1 Å². The molecule has 0 aliphatic heterocycles. The fraction of sp³-hybridized carbons (Fsp3) is 0.429. The van der Waals surface area contributed by atoms with E-state index in [0.29, 0.717) is 13.2 Å². The maximum Gasteiger partial charge on any atom is 0.139 e. The van der Waals surface area contributed by atoms with Crippen LogP contribution in [0, 0.1) is 5.92 Å². The first-order valence-corrected chi connectivity index (χ1v) is 7.47. The minimum Gasteiger partial charge on any atom is -0.376 e. The Balaban J connectivity index is 1.89. The molecule has 0 heterocycles. The summed E-state index contributed by atoms with van der Waals surface area (Å²) in [6.07, 6.45) is 3.83. The Kier molecular flexibility index (Phi) is 5.08. The van der Waals surface area contributed by atoms with E-state index in [1.54, 1.807) is 6.08 Å². The van der Waals surface area contributed by atoms with Crippen LogP contribution in [0.25, 0.3) is 0 Å². The highest BCUT2D eigenvalue weighted by atomic mass is 35.5. The maximum absolute atomic E-state index is 6.27. The Morgan fingerprint density at radius 3 is 2.42 bits per heavy atom. The van der Waals surface area contributed by atoms with Gasteiger partial charge in [0, 0.05) is 12.3 Å². The van der Waals surface area contributed by atoms with Gasteiger partial charge in [0.2, 0.25) is 0 Å². The second-order valence-electron chi connectivity index (χ2n) is 4.67. The average molecular weight is 340 g/mol. The van der Waals surface area contributed by atoms with E-state index in [-0.39, 0.29) is 12.3 Å². The second kappa shape index (κ2) is 6.24. The summed E-state index contributed by atoms with van der Waals surface area (Å²) in [6.45, 7) is 0.962. The smallest absolute Gasteiger partial charge is 0.139 e. The van der Waals surface area contributed by atoms with Gasteiger partial charge in [0.1, 0.15) is 8.67 Å². The summed E-state index contributed by atoms with van der Waals surface area (Å²) in [5.41, 5.74) is 1.11. The second-order valence-corrected chi connectivity index (χ2v) is 7.75. The van der Waals surface area contributed by atoms with Gasteiger partial charge in [-0.15, -0.1) is 23.2 Å². The molecule has 1 nitrogen and oxygen atoms in total. The van der Waals surface area contributed by atoms with E-state index >= 15 is 0 Å². The SMILES string of the molecule is ClC1(Cl)C=C[C@H](COCc2ccccc2)C(Cl)(Cl)C1. The summed E-state index contributed by atoms with van der Waals surface area (Å²) in [7, 11) is 0. The van der Waals surface area contributed by atoms with E-state index in [1.165, 1.54) is 0 Å². The molecule has 1 aromatic carbocycles. The fourth-order valence-electron chi connectivity index (χ4n) is 1.96. The summed E-state index contributed by atoms with van der Waals surface area (Å²) in [5.74, 6) is -0.120. The van der Waals surface area contributed by atoms with Crippen molar-refractivity contribution in [2.75, 3.05) is 6.61 Å². The predicted octanol–water partition coefficient (Wildman–Crippen LogP) is 5.13. The number of allylic oxidation sites excluding steroid dienone is 1. The molecule has 1 atom stereocenters. The van der Waals surface area contributed by atoms with Crippen LogP contribution in [0.1, 0.15) is 12.0 Å². The molecular formula is C14H14Cl4O. The van der Waals surface area contributed by atoms with E-state index in [1.807, 2.05) is 36.4 Å². The van der Waals surface area contributed by atoms with Gasteiger partial charge in [-0.1, -0.05) is 65.7 Å². The van der Waals surface area contributed by atoms with Crippen molar-refractivity contribution >= 4 is 46.4 Å². The third-order valence-corrected chi connectivity index (χ3v) is 4.34. The number of alkyl halides is 4. The zero-order valence-electron chi connectivity index (χ0n) is 10.2. The van der Waals surface area contributed by atoms with Crippen molar-refractivity contribution in [1.29, 1.82) is 0 Å². The Labute approximate surface area is 133 Å². The molecule has 2 rings (SSSR count). The van der Waals surface area contributed by atoms with Gasteiger partial charge < -0.3 is 4.74 Å². The predicted molar refractivity (Wildman–Crippen MR) is 82.2 cm³/mol. The fourth-order valence-corrected chi connectivity index (χ4v) is 3.49. The highest BCUT2D eigenvalue weighted by molar-refractivity contribution is 6.54. The Morgan fingerprint density at radius 2 is 1.79 bits per heavy atom. The van der Waals surface area contributed by atoms with Crippen LogP contribution in [-0.4, -0.2) is 15.3 Å². The first-order chi connectivity index (χ1) is 8.89. The number of benzene rings is 1. The first-order valence-electron chi connectivity index (χ1n) is 5.96. The van der Waals surface area contributed by atoms with Gasteiger partial charge in [-0.3, -0.25) is 0 Å². The van der Waals surface area contributed by atoms with Gasteiger partial charge in [0.15, 0.2) is 0 Å². The monoisotopic (exact) mass is 338 g/mol. The van der Waals surface area contributed by atoms with Crippen LogP contribution in [-0.2, 0) is 11.3 Å². The van der Waals surface area contributed by atoms with Crippen LogP contribution in [0.15, 0.2) is 42.5 Å². The third kappa shape index (κ3) is 4.54. The molecule has 0 unspecified atom stereocenters.